The highest BCUT2D eigenvalue weighted by molar-refractivity contribution is 7.89. The summed E-state index contributed by atoms with van der Waals surface area (Å²) in [6.07, 6.45) is 0.689. The number of sulfonamides is 1. The van der Waals surface area contributed by atoms with E-state index < -0.39 is 10.0 Å². The van der Waals surface area contributed by atoms with E-state index in [4.69, 9.17) is 27.9 Å². The lowest BCUT2D eigenvalue weighted by Gasteiger charge is -2.12. The summed E-state index contributed by atoms with van der Waals surface area (Å²) in [7, 11) is -3.58. The van der Waals surface area contributed by atoms with Gasteiger partial charge in [0.25, 0.3) is 5.91 Å². The van der Waals surface area contributed by atoms with Crippen molar-refractivity contribution in [1.82, 2.24) is 4.72 Å². The molecule has 0 aliphatic heterocycles. The zero-order valence-electron chi connectivity index (χ0n) is 14.8. The summed E-state index contributed by atoms with van der Waals surface area (Å²) in [5.74, 6) is -0.00898. The lowest BCUT2D eigenvalue weighted by atomic mass is 10.3. The van der Waals surface area contributed by atoms with Crippen molar-refractivity contribution in [3.63, 3.8) is 0 Å². The van der Waals surface area contributed by atoms with E-state index in [9.17, 15) is 13.2 Å². The van der Waals surface area contributed by atoms with E-state index in [1.165, 1.54) is 30.3 Å². The van der Waals surface area contributed by atoms with Gasteiger partial charge in [-0.3, -0.25) is 4.79 Å². The molecule has 0 saturated carbocycles. The number of rotatable bonds is 8. The molecular formula is C18H20Cl2N2O4S. The minimum atomic E-state index is -3.58. The Balaban J connectivity index is 1.92. The van der Waals surface area contributed by atoms with Gasteiger partial charge in [0.1, 0.15) is 5.75 Å². The highest BCUT2D eigenvalue weighted by Crippen LogP contribution is 2.25. The molecule has 0 spiro atoms. The lowest BCUT2D eigenvalue weighted by molar-refractivity contribution is -0.118. The standard InChI is InChI=1S/C18H20Cl2N2O4S/c1-3-12(2)22-27(24,25)15-7-5-14(6-8-15)26-11-18(23)21-13-4-9-16(19)17(20)10-13/h4-10,12,22H,3,11H2,1-2H3,(H,21,23)/t12-/m0/s1. The second-order valence-corrected chi connectivity index (χ2v) is 8.40. The first-order chi connectivity index (χ1) is 12.7. The van der Waals surface area contributed by atoms with E-state index in [-0.39, 0.29) is 23.5 Å². The minimum Gasteiger partial charge on any atom is -0.484 e. The van der Waals surface area contributed by atoms with Gasteiger partial charge in [-0.15, -0.1) is 0 Å². The number of halogens is 2. The average molecular weight is 431 g/mol. The summed E-state index contributed by atoms with van der Waals surface area (Å²) in [6.45, 7) is 3.45. The molecule has 0 heterocycles. The van der Waals surface area contributed by atoms with Crippen LogP contribution in [0.4, 0.5) is 5.69 Å². The number of carbonyl (C=O) groups excluding carboxylic acids is 1. The second kappa shape index (κ2) is 9.41. The molecule has 2 aromatic carbocycles. The summed E-state index contributed by atoms with van der Waals surface area (Å²) in [5.41, 5.74) is 0.496. The quantitative estimate of drug-likeness (QED) is 0.660. The van der Waals surface area contributed by atoms with Crippen molar-refractivity contribution < 1.29 is 17.9 Å². The molecule has 0 saturated heterocycles. The third kappa shape index (κ3) is 6.39. The molecule has 1 atom stereocenters. The summed E-state index contributed by atoms with van der Waals surface area (Å²) < 4.78 is 32.3. The van der Waals surface area contributed by atoms with Crippen LogP contribution in [-0.4, -0.2) is 27.0 Å². The molecule has 0 radical (unpaired) electrons. The van der Waals surface area contributed by atoms with Gasteiger partial charge in [0.05, 0.1) is 14.9 Å². The van der Waals surface area contributed by atoms with E-state index in [1.54, 1.807) is 19.1 Å². The monoisotopic (exact) mass is 430 g/mol. The highest BCUT2D eigenvalue weighted by Gasteiger charge is 2.16. The van der Waals surface area contributed by atoms with Gasteiger partial charge in [0.15, 0.2) is 6.61 Å². The third-order valence-corrected chi connectivity index (χ3v) is 6.02. The van der Waals surface area contributed by atoms with Crippen LogP contribution in [0.2, 0.25) is 10.0 Å². The van der Waals surface area contributed by atoms with Crippen molar-refractivity contribution in [2.75, 3.05) is 11.9 Å². The van der Waals surface area contributed by atoms with Crippen molar-refractivity contribution in [2.24, 2.45) is 0 Å². The molecule has 9 heteroatoms. The fourth-order valence-electron chi connectivity index (χ4n) is 2.05. The van der Waals surface area contributed by atoms with Crippen LogP contribution < -0.4 is 14.8 Å². The van der Waals surface area contributed by atoms with Crippen LogP contribution in [-0.2, 0) is 14.8 Å². The Morgan fingerprint density at radius 3 is 2.37 bits per heavy atom. The van der Waals surface area contributed by atoms with Gasteiger partial charge in [-0.05, 0) is 55.8 Å². The third-order valence-electron chi connectivity index (χ3n) is 3.68. The number of hydrogen-bond donors (Lipinski definition) is 2. The molecule has 146 valence electrons. The van der Waals surface area contributed by atoms with E-state index in [2.05, 4.69) is 10.0 Å². The first kappa shape index (κ1) is 21.5. The molecule has 0 aliphatic carbocycles. The van der Waals surface area contributed by atoms with Gasteiger partial charge in [-0.2, -0.15) is 0 Å². The van der Waals surface area contributed by atoms with E-state index >= 15 is 0 Å². The number of hydrogen-bond acceptors (Lipinski definition) is 4. The lowest BCUT2D eigenvalue weighted by Crippen LogP contribution is -2.31. The average Bonchev–Trinajstić information content (AvgIpc) is 2.63. The normalized spacial score (nSPS) is 12.4. The molecule has 2 aromatic rings. The molecule has 2 rings (SSSR count). The Morgan fingerprint density at radius 2 is 1.78 bits per heavy atom. The van der Waals surface area contributed by atoms with Crippen LogP contribution in [0.1, 0.15) is 20.3 Å². The Labute approximate surface area is 168 Å². The molecule has 0 fully saturated rings. The zero-order valence-corrected chi connectivity index (χ0v) is 17.2. The van der Waals surface area contributed by atoms with Gasteiger partial charge in [-0.25, -0.2) is 13.1 Å². The molecule has 0 aliphatic rings. The Bertz CT molecular complexity index is 902. The van der Waals surface area contributed by atoms with Gasteiger partial charge in [0.2, 0.25) is 10.0 Å². The van der Waals surface area contributed by atoms with E-state index in [0.29, 0.717) is 27.9 Å². The van der Waals surface area contributed by atoms with Crippen molar-refractivity contribution >= 4 is 44.8 Å². The van der Waals surface area contributed by atoms with Crippen LogP contribution >= 0.6 is 23.2 Å². The van der Waals surface area contributed by atoms with Crippen molar-refractivity contribution in [3.05, 3.63) is 52.5 Å². The Morgan fingerprint density at radius 1 is 1.11 bits per heavy atom. The summed E-state index contributed by atoms with van der Waals surface area (Å²) >= 11 is 11.7. The van der Waals surface area contributed by atoms with Gasteiger partial charge >= 0.3 is 0 Å². The first-order valence-corrected chi connectivity index (χ1v) is 10.4. The maximum absolute atomic E-state index is 12.2. The maximum atomic E-state index is 12.2. The second-order valence-electron chi connectivity index (χ2n) is 5.87. The molecule has 2 N–H and O–H groups in total. The van der Waals surface area contributed by atoms with Crippen LogP contribution in [0.3, 0.4) is 0 Å². The SMILES string of the molecule is CC[C@H](C)NS(=O)(=O)c1ccc(OCC(=O)Nc2ccc(Cl)c(Cl)c2)cc1. The fourth-order valence-corrected chi connectivity index (χ4v) is 3.68. The van der Waals surface area contributed by atoms with E-state index in [0.717, 1.165) is 0 Å². The zero-order chi connectivity index (χ0) is 20.0. The van der Waals surface area contributed by atoms with E-state index in [1.807, 2.05) is 6.92 Å². The minimum absolute atomic E-state index is 0.135. The molecular weight excluding hydrogens is 411 g/mol. The maximum Gasteiger partial charge on any atom is 0.262 e. The van der Waals surface area contributed by atoms with Crippen LogP contribution in [0.5, 0.6) is 5.75 Å². The summed E-state index contributed by atoms with van der Waals surface area (Å²) in [6, 6.07) is 10.4. The number of carbonyl (C=O) groups is 1. The number of anilines is 1. The fraction of sp³-hybridized carbons (Fsp3) is 0.278. The van der Waals surface area contributed by atoms with Crippen LogP contribution in [0.15, 0.2) is 47.4 Å². The smallest absolute Gasteiger partial charge is 0.262 e. The molecule has 6 nitrogen and oxygen atoms in total. The van der Waals surface area contributed by atoms with Crippen LogP contribution in [0, 0.1) is 0 Å². The molecule has 0 bridgehead atoms. The Hall–Kier alpha value is -1.80. The van der Waals surface area contributed by atoms with Crippen LogP contribution in [0.25, 0.3) is 0 Å². The van der Waals surface area contributed by atoms with Gasteiger partial charge < -0.3 is 10.1 Å². The number of nitrogens with one attached hydrogen (secondary N) is 2. The predicted octanol–water partition coefficient (Wildman–Crippen LogP) is 4.09. The number of amides is 1. The van der Waals surface area contributed by atoms with Gasteiger partial charge in [0, 0.05) is 11.7 Å². The molecule has 27 heavy (non-hydrogen) atoms. The van der Waals surface area contributed by atoms with Crippen molar-refractivity contribution in [2.45, 2.75) is 31.2 Å². The highest BCUT2D eigenvalue weighted by atomic mass is 35.5. The number of benzene rings is 2. The summed E-state index contributed by atoms with van der Waals surface area (Å²) in [4.78, 5) is 12.1. The molecule has 0 unspecified atom stereocenters. The largest absolute Gasteiger partial charge is 0.484 e. The first-order valence-electron chi connectivity index (χ1n) is 8.21. The topological polar surface area (TPSA) is 84.5 Å². The molecule has 0 aromatic heterocycles. The molecule has 1 amide bonds. The number of ether oxygens (including phenoxy) is 1. The summed E-state index contributed by atoms with van der Waals surface area (Å²) in [5, 5.41) is 3.36. The van der Waals surface area contributed by atoms with Crippen molar-refractivity contribution in [1.29, 1.82) is 0 Å². The predicted molar refractivity (Wildman–Crippen MR) is 107 cm³/mol. The van der Waals surface area contributed by atoms with Gasteiger partial charge in [-0.1, -0.05) is 30.1 Å². The van der Waals surface area contributed by atoms with Crippen molar-refractivity contribution in [3.8, 4) is 5.75 Å². The Kier molecular flexibility index (Phi) is 7.49.